The van der Waals surface area contributed by atoms with Gasteiger partial charge in [-0.25, -0.2) is 15.8 Å². The molecule has 4 nitrogen and oxygen atoms in total. The standard InChI is InChI=1S/C12H22N4/c1-5-10-9(4)12(16-13)15-11(14-10)7-6-8(2)3/h8H,5-7,13H2,1-4H3,(H,14,15,16). The Hall–Kier alpha value is -1.16. The maximum absolute atomic E-state index is 5.46. The molecule has 3 N–H and O–H groups in total. The predicted octanol–water partition coefficient (Wildman–Crippen LogP) is 2.22. The van der Waals surface area contributed by atoms with Crippen molar-refractivity contribution in [2.75, 3.05) is 5.43 Å². The molecule has 0 unspecified atom stereocenters. The predicted molar refractivity (Wildman–Crippen MR) is 67.1 cm³/mol. The molecular weight excluding hydrogens is 200 g/mol. The fraction of sp³-hybridized carbons (Fsp3) is 0.667. The van der Waals surface area contributed by atoms with Crippen LogP contribution in [0.5, 0.6) is 0 Å². The van der Waals surface area contributed by atoms with E-state index in [1.165, 1.54) is 0 Å². The maximum atomic E-state index is 5.46. The van der Waals surface area contributed by atoms with Gasteiger partial charge in [0.15, 0.2) is 0 Å². The Morgan fingerprint density at radius 3 is 2.50 bits per heavy atom. The van der Waals surface area contributed by atoms with Crippen molar-refractivity contribution in [3.05, 3.63) is 17.1 Å². The molecule has 0 aliphatic rings. The van der Waals surface area contributed by atoms with Crippen LogP contribution in [0.2, 0.25) is 0 Å². The average Bonchev–Trinajstić information content (AvgIpc) is 2.27. The highest BCUT2D eigenvalue weighted by Gasteiger charge is 2.09. The van der Waals surface area contributed by atoms with Crippen molar-refractivity contribution in [1.82, 2.24) is 9.97 Å². The first-order valence-corrected chi connectivity index (χ1v) is 5.91. The number of aromatic nitrogens is 2. The van der Waals surface area contributed by atoms with Gasteiger partial charge in [-0.2, -0.15) is 0 Å². The molecule has 0 aliphatic carbocycles. The second-order valence-corrected chi connectivity index (χ2v) is 4.49. The summed E-state index contributed by atoms with van der Waals surface area (Å²) in [7, 11) is 0. The summed E-state index contributed by atoms with van der Waals surface area (Å²) in [6.45, 7) is 8.51. The highest BCUT2D eigenvalue weighted by atomic mass is 15.3. The molecule has 0 amide bonds. The third kappa shape index (κ3) is 3.17. The Bertz CT molecular complexity index is 322. The zero-order valence-electron chi connectivity index (χ0n) is 10.7. The third-order valence-corrected chi connectivity index (χ3v) is 2.71. The van der Waals surface area contributed by atoms with Gasteiger partial charge < -0.3 is 5.43 Å². The van der Waals surface area contributed by atoms with Crippen LogP contribution in [0.15, 0.2) is 0 Å². The third-order valence-electron chi connectivity index (χ3n) is 2.71. The fourth-order valence-corrected chi connectivity index (χ4v) is 1.63. The van der Waals surface area contributed by atoms with Crippen LogP contribution in [0.3, 0.4) is 0 Å². The van der Waals surface area contributed by atoms with E-state index in [0.29, 0.717) is 5.92 Å². The zero-order valence-corrected chi connectivity index (χ0v) is 10.7. The van der Waals surface area contributed by atoms with Crippen LogP contribution in [0.4, 0.5) is 5.82 Å². The molecule has 16 heavy (non-hydrogen) atoms. The first-order chi connectivity index (χ1) is 7.58. The minimum Gasteiger partial charge on any atom is -0.308 e. The van der Waals surface area contributed by atoms with Crippen molar-refractivity contribution in [2.45, 2.75) is 47.0 Å². The van der Waals surface area contributed by atoms with E-state index in [2.05, 4.69) is 36.2 Å². The first kappa shape index (κ1) is 12.9. The molecule has 0 spiro atoms. The van der Waals surface area contributed by atoms with Gasteiger partial charge in [-0.3, -0.25) is 0 Å². The number of nitrogens with two attached hydrogens (primary N) is 1. The van der Waals surface area contributed by atoms with Gasteiger partial charge in [0.05, 0.1) is 0 Å². The lowest BCUT2D eigenvalue weighted by Crippen LogP contribution is -2.14. The molecular formula is C12H22N4. The van der Waals surface area contributed by atoms with E-state index in [9.17, 15) is 0 Å². The SMILES string of the molecule is CCc1nc(CCC(C)C)nc(NN)c1C. The fourth-order valence-electron chi connectivity index (χ4n) is 1.63. The number of hydrogen-bond donors (Lipinski definition) is 2. The topological polar surface area (TPSA) is 63.8 Å². The largest absolute Gasteiger partial charge is 0.308 e. The van der Waals surface area contributed by atoms with Crippen LogP contribution < -0.4 is 11.3 Å². The summed E-state index contributed by atoms with van der Waals surface area (Å²) in [6.07, 6.45) is 2.94. The van der Waals surface area contributed by atoms with E-state index in [0.717, 1.165) is 42.2 Å². The summed E-state index contributed by atoms with van der Waals surface area (Å²) in [5.74, 6) is 7.78. The van der Waals surface area contributed by atoms with Gasteiger partial charge in [0.25, 0.3) is 0 Å². The molecule has 0 atom stereocenters. The Kier molecular flexibility index (Phi) is 4.68. The summed E-state index contributed by atoms with van der Waals surface area (Å²) in [5.41, 5.74) is 4.79. The van der Waals surface area contributed by atoms with Crippen molar-refractivity contribution in [3.8, 4) is 0 Å². The van der Waals surface area contributed by atoms with Gasteiger partial charge in [0.2, 0.25) is 0 Å². The van der Waals surface area contributed by atoms with Gasteiger partial charge in [-0.15, -0.1) is 0 Å². The average molecular weight is 222 g/mol. The van der Waals surface area contributed by atoms with Crippen LogP contribution in [0, 0.1) is 12.8 Å². The summed E-state index contributed by atoms with van der Waals surface area (Å²) < 4.78 is 0. The number of nitrogens with zero attached hydrogens (tertiary/aromatic N) is 2. The summed E-state index contributed by atoms with van der Waals surface area (Å²) in [6, 6.07) is 0. The van der Waals surface area contributed by atoms with E-state index in [4.69, 9.17) is 5.84 Å². The molecule has 0 saturated heterocycles. The van der Waals surface area contributed by atoms with Crippen LogP contribution in [-0.4, -0.2) is 9.97 Å². The van der Waals surface area contributed by atoms with Crippen LogP contribution in [0.25, 0.3) is 0 Å². The van der Waals surface area contributed by atoms with E-state index < -0.39 is 0 Å². The van der Waals surface area contributed by atoms with Crippen molar-refractivity contribution < 1.29 is 0 Å². The maximum Gasteiger partial charge on any atom is 0.146 e. The van der Waals surface area contributed by atoms with Crippen LogP contribution in [-0.2, 0) is 12.8 Å². The molecule has 1 aromatic rings. The molecule has 0 radical (unpaired) electrons. The molecule has 0 saturated carbocycles. The number of nitrogens with one attached hydrogen (secondary N) is 1. The molecule has 0 aliphatic heterocycles. The van der Waals surface area contributed by atoms with E-state index >= 15 is 0 Å². The van der Waals surface area contributed by atoms with E-state index in [1.807, 2.05) is 6.92 Å². The van der Waals surface area contributed by atoms with Gasteiger partial charge in [0, 0.05) is 17.7 Å². The van der Waals surface area contributed by atoms with Crippen LogP contribution >= 0.6 is 0 Å². The Balaban J connectivity index is 2.93. The van der Waals surface area contributed by atoms with Crippen molar-refractivity contribution in [2.24, 2.45) is 11.8 Å². The molecule has 4 heteroatoms. The normalized spacial score (nSPS) is 10.9. The summed E-state index contributed by atoms with van der Waals surface area (Å²) in [5, 5.41) is 0. The van der Waals surface area contributed by atoms with E-state index in [-0.39, 0.29) is 0 Å². The van der Waals surface area contributed by atoms with Crippen molar-refractivity contribution >= 4 is 5.82 Å². The molecule has 0 bridgehead atoms. The lowest BCUT2D eigenvalue weighted by molar-refractivity contribution is 0.573. The number of rotatable bonds is 5. The van der Waals surface area contributed by atoms with Crippen molar-refractivity contribution in [1.29, 1.82) is 0 Å². The highest BCUT2D eigenvalue weighted by molar-refractivity contribution is 5.44. The van der Waals surface area contributed by atoms with E-state index in [1.54, 1.807) is 0 Å². The number of hydrazine groups is 1. The Labute approximate surface area is 97.7 Å². The molecule has 0 aromatic carbocycles. The van der Waals surface area contributed by atoms with Gasteiger partial charge >= 0.3 is 0 Å². The lowest BCUT2D eigenvalue weighted by Gasteiger charge is -2.11. The lowest BCUT2D eigenvalue weighted by atomic mass is 10.1. The number of hydrogen-bond acceptors (Lipinski definition) is 4. The highest BCUT2D eigenvalue weighted by Crippen LogP contribution is 2.16. The van der Waals surface area contributed by atoms with Crippen LogP contribution in [0.1, 0.15) is 44.3 Å². The monoisotopic (exact) mass is 222 g/mol. The molecule has 1 rings (SSSR count). The first-order valence-electron chi connectivity index (χ1n) is 5.91. The number of anilines is 1. The zero-order chi connectivity index (χ0) is 12.1. The van der Waals surface area contributed by atoms with Gasteiger partial charge in [-0.05, 0) is 25.7 Å². The number of nitrogen functional groups attached to an aromatic ring is 1. The number of aryl methyl sites for hydroxylation is 2. The Morgan fingerprint density at radius 1 is 1.31 bits per heavy atom. The minimum atomic E-state index is 0.671. The summed E-state index contributed by atoms with van der Waals surface area (Å²) in [4.78, 5) is 8.99. The quantitative estimate of drug-likeness (QED) is 0.592. The molecule has 0 fully saturated rings. The van der Waals surface area contributed by atoms with Gasteiger partial charge in [-0.1, -0.05) is 20.8 Å². The van der Waals surface area contributed by atoms with Crippen molar-refractivity contribution in [3.63, 3.8) is 0 Å². The molecule has 1 heterocycles. The molecule has 1 aromatic heterocycles. The van der Waals surface area contributed by atoms with Gasteiger partial charge in [0.1, 0.15) is 11.6 Å². The smallest absolute Gasteiger partial charge is 0.146 e. The summed E-state index contributed by atoms with van der Waals surface area (Å²) >= 11 is 0. The minimum absolute atomic E-state index is 0.671. The second kappa shape index (κ2) is 5.80. The Morgan fingerprint density at radius 2 is 2.00 bits per heavy atom. The second-order valence-electron chi connectivity index (χ2n) is 4.49. The molecule has 90 valence electrons.